The van der Waals surface area contributed by atoms with Crippen molar-refractivity contribution in [1.82, 2.24) is 0 Å². The first kappa shape index (κ1) is 12.3. The van der Waals surface area contributed by atoms with Crippen LogP contribution in [0.25, 0.3) is 16.8 Å². The van der Waals surface area contributed by atoms with Crippen molar-refractivity contribution < 1.29 is 4.79 Å². The second-order valence-electron chi connectivity index (χ2n) is 4.50. The molecule has 0 aromatic heterocycles. The first-order valence-electron chi connectivity index (χ1n) is 6.46. The van der Waals surface area contributed by atoms with Crippen LogP contribution in [0.1, 0.15) is 0 Å². The van der Waals surface area contributed by atoms with Gasteiger partial charge in [-0.1, -0.05) is 66.7 Å². The molecule has 3 aromatic carbocycles. The Balaban J connectivity index is 0.000000121. The van der Waals surface area contributed by atoms with Crippen molar-refractivity contribution >= 4 is 22.8 Å². The monoisotopic (exact) mass is 259 g/mol. The average Bonchev–Trinajstić information content (AvgIpc) is 2.88. The molecule has 0 radical (unpaired) electrons. The van der Waals surface area contributed by atoms with Crippen molar-refractivity contribution in [2.24, 2.45) is 4.99 Å². The highest BCUT2D eigenvalue weighted by atomic mass is 16.1. The van der Waals surface area contributed by atoms with E-state index in [0.29, 0.717) is 0 Å². The molecule has 1 amide bonds. The number of fused-ring (bicyclic) bond motifs is 2. The summed E-state index contributed by atoms with van der Waals surface area (Å²) in [5.74, 6) is -0.152. The van der Waals surface area contributed by atoms with Crippen molar-refractivity contribution in [1.29, 1.82) is 0 Å². The smallest absolute Gasteiger partial charge is 0.267 e. The van der Waals surface area contributed by atoms with E-state index in [1.807, 2.05) is 24.3 Å². The molecule has 0 atom stereocenters. The zero-order chi connectivity index (χ0) is 13.8. The highest BCUT2D eigenvalue weighted by Crippen LogP contribution is 2.11. The standard InChI is InChI=1S/C10H8.C8H5NO/c1-2-6-10-8-4-3-7-9(10)5-1;10-8-5-6-3-1-2-4-7(6)9-8/h1-8H;1-5H. The third-order valence-electron chi connectivity index (χ3n) is 3.11. The topological polar surface area (TPSA) is 29.4 Å². The van der Waals surface area contributed by atoms with E-state index >= 15 is 0 Å². The fraction of sp³-hybridized carbons (Fsp3) is 0. The van der Waals surface area contributed by atoms with E-state index in [9.17, 15) is 4.79 Å². The molecule has 0 spiro atoms. The van der Waals surface area contributed by atoms with Gasteiger partial charge in [0.15, 0.2) is 0 Å². The molecule has 0 saturated heterocycles. The Kier molecular flexibility index (Phi) is 3.38. The summed E-state index contributed by atoms with van der Waals surface area (Å²) in [7, 11) is 0. The maximum Gasteiger partial charge on any atom is 0.270 e. The van der Waals surface area contributed by atoms with Crippen LogP contribution in [0, 0.1) is 0 Å². The Bertz CT molecular complexity index is 779. The molecule has 2 nitrogen and oxygen atoms in total. The Morgan fingerprint density at radius 1 is 0.650 bits per heavy atom. The largest absolute Gasteiger partial charge is 0.270 e. The fourth-order valence-corrected chi connectivity index (χ4v) is 2.13. The molecular formula is C18H13NO. The lowest BCUT2D eigenvalue weighted by atomic mass is 10.1. The number of benzene rings is 3. The Morgan fingerprint density at radius 3 is 1.70 bits per heavy atom. The van der Waals surface area contributed by atoms with Gasteiger partial charge in [-0.25, -0.2) is 4.99 Å². The predicted molar refractivity (Wildman–Crippen MR) is 80.6 cm³/mol. The molecule has 0 unspecified atom stereocenters. The van der Waals surface area contributed by atoms with E-state index < -0.39 is 0 Å². The molecular weight excluding hydrogens is 246 g/mol. The van der Waals surface area contributed by atoms with Gasteiger partial charge < -0.3 is 0 Å². The van der Waals surface area contributed by atoms with Gasteiger partial charge in [-0.3, -0.25) is 4.79 Å². The van der Waals surface area contributed by atoms with Crippen LogP contribution in [0.15, 0.2) is 77.8 Å². The second-order valence-corrected chi connectivity index (χ2v) is 4.50. The number of hydrogen-bond acceptors (Lipinski definition) is 1. The summed E-state index contributed by atoms with van der Waals surface area (Å²) >= 11 is 0. The molecule has 0 fully saturated rings. The van der Waals surface area contributed by atoms with Crippen LogP contribution >= 0.6 is 0 Å². The summed E-state index contributed by atoms with van der Waals surface area (Å²) in [4.78, 5) is 14.4. The lowest BCUT2D eigenvalue weighted by molar-refractivity contribution is -0.112. The van der Waals surface area contributed by atoms with Gasteiger partial charge in [0.05, 0.1) is 5.36 Å². The lowest BCUT2D eigenvalue weighted by Crippen LogP contribution is -2.19. The Morgan fingerprint density at radius 2 is 1.15 bits per heavy atom. The van der Waals surface area contributed by atoms with E-state index in [-0.39, 0.29) is 5.91 Å². The molecule has 4 rings (SSSR count). The van der Waals surface area contributed by atoms with Gasteiger partial charge >= 0.3 is 0 Å². The van der Waals surface area contributed by atoms with E-state index in [2.05, 4.69) is 53.5 Å². The minimum absolute atomic E-state index is 0.152. The predicted octanol–water partition coefficient (Wildman–Crippen LogP) is 2.47. The number of rotatable bonds is 0. The fourth-order valence-electron chi connectivity index (χ4n) is 2.13. The molecule has 3 aromatic rings. The third kappa shape index (κ3) is 2.64. The molecule has 0 bridgehead atoms. The first-order valence-corrected chi connectivity index (χ1v) is 6.46. The number of hydrogen-bond donors (Lipinski definition) is 0. The van der Waals surface area contributed by atoms with Crippen LogP contribution in [0.3, 0.4) is 0 Å². The maximum atomic E-state index is 10.7. The van der Waals surface area contributed by atoms with Crippen molar-refractivity contribution in [3.05, 3.63) is 83.4 Å². The van der Waals surface area contributed by atoms with Gasteiger partial charge in [0, 0.05) is 11.3 Å². The van der Waals surface area contributed by atoms with E-state index in [4.69, 9.17) is 0 Å². The highest BCUT2D eigenvalue weighted by Gasteiger charge is 1.99. The minimum Gasteiger partial charge on any atom is -0.267 e. The normalized spacial score (nSPS) is 11.9. The third-order valence-corrected chi connectivity index (χ3v) is 3.11. The molecule has 0 aliphatic carbocycles. The van der Waals surface area contributed by atoms with Crippen LogP contribution in [-0.4, -0.2) is 5.91 Å². The highest BCUT2D eigenvalue weighted by molar-refractivity contribution is 6.06. The first-order chi connectivity index (χ1) is 9.83. The minimum atomic E-state index is -0.152. The maximum absolute atomic E-state index is 10.7. The van der Waals surface area contributed by atoms with Crippen molar-refractivity contribution in [2.45, 2.75) is 0 Å². The van der Waals surface area contributed by atoms with Crippen LogP contribution in [0.4, 0.5) is 0 Å². The summed E-state index contributed by atoms with van der Waals surface area (Å²) in [6.45, 7) is 0. The van der Waals surface area contributed by atoms with E-state index in [1.165, 1.54) is 16.8 Å². The Hall–Kier alpha value is -2.74. The molecule has 1 heterocycles. The number of carbonyl (C=O) groups excluding carboxylic acids is 1. The zero-order valence-corrected chi connectivity index (χ0v) is 10.9. The van der Waals surface area contributed by atoms with Gasteiger partial charge in [0.25, 0.3) is 5.91 Å². The quantitative estimate of drug-likeness (QED) is 0.610. The summed E-state index contributed by atoms with van der Waals surface area (Å²) in [6.07, 6.45) is 1.54. The summed E-state index contributed by atoms with van der Waals surface area (Å²) < 4.78 is 0. The van der Waals surface area contributed by atoms with Crippen molar-refractivity contribution in [3.8, 4) is 0 Å². The number of carbonyl (C=O) groups is 1. The molecule has 2 heteroatoms. The molecule has 0 N–H and O–H groups in total. The van der Waals surface area contributed by atoms with Gasteiger partial charge in [0.2, 0.25) is 0 Å². The Labute approximate surface area is 116 Å². The van der Waals surface area contributed by atoms with E-state index in [0.717, 1.165) is 10.6 Å². The number of para-hydroxylation sites is 1. The average molecular weight is 259 g/mol. The van der Waals surface area contributed by atoms with Crippen LogP contribution < -0.4 is 10.6 Å². The molecule has 0 saturated carbocycles. The van der Waals surface area contributed by atoms with Gasteiger partial charge in [-0.2, -0.15) is 0 Å². The molecule has 1 aliphatic rings. The number of nitrogens with zero attached hydrogens (tertiary/aromatic N) is 1. The SMILES string of the molecule is O=C1C=c2ccccc2=N1.c1ccc2ccccc2c1. The van der Waals surface area contributed by atoms with Crippen molar-refractivity contribution in [2.75, 3.05) is 0 Å². The summed E-state index contributed by atoms with van der Waals surface area (Å²) in [5.41, 5.74) is 0. The van der Waals surface area contributed by atoms with Crippen molar-refractivity contribution in [3.63, 3.8) is 0 Å². The van der Waals surface area contributed by atoms with Gasteiger partial charge in [-0.15, -0.1) is 0 Å². The molecule has 20 heavy (non-hydrogen) atoms. The molecule has 96 valence electrons. The summed E-state index contributed by atoms with van der Waals surface area (Å²) in [5, 5.41) is 4.33. The van der Waals surface area contributed by atoms with Crippen LogP contribution in [0.5, 0.6) is 0 Å². The zero-order valence-electron chi connectivity index (χ0n) is 10.9. The number of amides is 1. The van der Waals surface area contributed by atoms with Gasteiger partial charge in [-0.05, 0) is 16.8 Å². The van der Waals surface area contributed by atoms with Crippen LogP contribution in [-0.2, 0) is 4.79 Å². The second kappa shape index (κ2) is 5.49. The van der Waals surface area contributed by atoms with Crippen LogP contribution in [0.2, 0.25) is 0 Å². The van der Waals surface area contributed by atoms with E-state index in [1.54, 1.807) is 0 Å². The molecule has 1 aliphatic heterocycles. The lowest BCUT2D eigenvalue weighted by Gasteiger charge is -1.92. The van der Waals surface area contributed by atoms with Gasteiger partial charge in [0.1, 0.15) is 0 Å². The summed E-state index contributed by atoms with van der Waals surface area (Å²) in [6, 6.07) is 24.2.